The van der Waals surface area contributed by atoms with Crippen molar-refractivity contribution in [2.75, 3.05) is 39.6 Å². The molecule has 0 heterocycles. The van der Waals surface area contributed by atoms with E-state index in [9.17, 15) is 20.1 Å². The van der Waals surface area contributed by atoms with Crippen LogP contribution in [0.3, 0.4) is 0 Å². The summed E-state index contributed by atoms with van der Waals surface area (Å²) in [7, 11) is 0. The van der Waals surface area contributed by atoms with Crippen LogP contribution in [0.5, 0.6) is 0 Å². The monoisotopic (exact) mass is 318 g/mol. The highest BCUT2D eigenvalue weighted by Gasteiger charge is 2.33. The first-order valence-electron chi connectivity index (χ1n) is 7.57. The fourth-order valence-electron chi connectivity index (χ4n) is 1.74. The molecular weight excluding hydrogens is 288 g/mol. The second-order valence-electron chi connectivity index (χ2n) is 6.03. The van der Waals surface area contributed by atoms with Crippen molar-refractivity contribution in [2.24, 2.45) is 10.8 Å². The molecule has 0 spiro atoms. The smallest absolute Gasteiger partial charge is 0.333 e. The maximum atomic E-state index is 11.5. The van der Waals surface area contributed by atoms with Gasteiger partial charge in [-0.05, 0) is 19.8 Å². The molecule has 0 saturated heterocycles. The Labute approximate surface area is 132 Å². The van der Waals surface area contributed by atoms with Crippen molar-refractivity contribution in [2.45, 2.75) is 33.6 Å². The van der Waals surface area contributed by atoms with Gasteiger partial charge in [0.15, 0.2) is 0 Å². The van der Waals surface area contributed by atoms with Gasteiger partial charge in [-0.25, -0.2) is 4.79 Å². The molecule has 1 unspecified atom stereocenters. The summed E-state index contributed by atoms with van der Waals surface area (Å²) in [5, 5.41) is 28.4. The van der Waals surface area contributed by atoms with Crippen LogP contribution >= 0.6 is 0 Å². The SMILES string of the molecule is C=C(C)C(=O)OCC(CC)(CO)COCC(CC)(CO)CO. The summed E-state index contributed by atoms with van der Waals surface area (Å²) in [5.41, 5.74) is -1.09. The summed E-state index contributed by atoms with van der Waals surface area (Å²) in [5.74, 6) is -0.500. The van der Waals surface area contributed by atoms with Gasteiger partial charge < -0.3 is 24.8 Å². The van der Waals surface area contributed by atoms with Crippen LogP contribution in [0.25, 0.3) is 0 Å². The Balaban J connectivity index is 4.63. The Bertz CT molecular complexity index is 336. The van der Waals surface area contributed by atoms with E-state index < -0.39 is 16.8 Å². The van der Waals surface area contributed by atoms with Crippen molar-refractivity contribution in [3.63, 3.8) is 0 Å². The third-order valence-electron chi connectivity index (χ3n) is 4.18. The third-order valence-corrected chi connectivity index (χ3v) is 4.18. The van der Waals surface area contributed by atoms with Gasteiger partial charge in [0.05, 0.1) is 38.4 Å². The van der Waals surface area contributed by atoms with Gasteiger partial charge in [0.25, 0.3) is 0 Å². The zero-order chi connectivity index (χ0) is 17.2. The minimum atomic E-state index is -0.699. The van der Waals surface area contributed by atoms with Crippen LogP contribution in [0.4, 0.5) is 0 Å². The van der Waals surface area contributed by atoms with E-state index in [1.807, 2.05) is 13.8 Å². The number of hydrogen-bond acceptors (Lipinski definition) is 6. The number of hydrogen-bond donors (Lipinski definition) is 3. The van der Waals surface area contributed by atoms with Crippen LogP contribution in [-0.4, -0.2) is 60.9 Å². The number of carbonyl (C=O) groups excluding carboxylic acids is 1. The predicted molar refractivity (Wildman–Crippen MR) is 83.3 cm³/mol. The largest absolute Gasteiger partial charge is 0.462 e. The first-order valence-corrected chi connectivity index (χ1v) is 7.57. The zero-order valence-electron chi connectivity index (χ0n) is 13.9. The molecule has 0 aromatic rings. The lowest BCUT2D eigenvalue weighted by Crippen LogP contribution is -2.40. The zero-order valence-corrected chi connectivity index (χ0v) is 13.9. The Hall–Kier alpha value is -0.950. The molecule has 0 rings (SSSR count). The molecule has 6 nitrogen and oxygen atoms in total. The summed E-state index contributed by atoms with van der Waals surface area (Å²) < 4.78 is 10.8. The van der Waals surface area contributed by atoms with Gasteiger partial charge in [0.1, 0.15) is 6.61 Å². The number of carbonyl (C=O) groups is 1. The highest BCUT2D eigenvalue weighted by molar-refractivity contribution is 5.86. The van der Waals surface area contributed by atoms with Gasteiger partial charge in [-0.2, -0.15) is 0 Å². The molecule has 0 aromatic heterocycles. The molecule has 0 amide bonds. The molecule has 3 N–H and O–H groups in total. The molecule has 0 bridgehead atoms. The average molecular weight is 318 g/mol. The van der Waals surface area contributed by atoms with Crippen molar-refractivity contribution in [3.8, 4) is 0 Å². The standard InChI is InChI=1S/C16H30O6/c1-5-15(7-17,8-18)10-21-11-16(6-2,9-19)12-22-14(20)13(3)4/h17-19H,3,5-12H2,1-2,4H3. The van der Waals surface area contributed by atoms with Gasteiger partial charge in [-0.3, -0.25) is 0 Å². The lowest BCUT2D eigenvalue weighted by Gasteiger charge is -2.33. The lowest BCUT2D eigenvalue weighted by atomic mass is 9.86. The summed E-state index contributed by atoms with van der Waals surface area (Å²) in [4.78, 5) is 11.5. The Morgan fingerprint density at radius 2 is 1.41 bits per heavy atom. The van der Waals surface area contributed by atoms with Crippen molar-refractivity contribution >= 4 is 5.97 Å². The van der Waals surface area contributed by atoms with Crippen LogP contribution in [0.1, 0.15) is 33.6 Å². The fourth-order valence-corrected chi connectivity index (χ4v) is 1.74. The van der Waals surface area contributed by atoms with E-state index >= 15 is 0 Å². The maximum Gasteiger partial charge on any atom is 0.333 e. The lowest BCUT2D eigenvalue weighted by molar-refractivity contribution is -0.147. The number of aliphatic hydroxyl groups excluding tert-OH is 3. The van der Waals surface area contributed by atoms with Crippen LogP contribution in [0.15, 0.2) is 12.2 Å². The molecule has 0 aromatic carbocycles. The molecular formula is C16H30O6. The summed E-state index contributed by atoms with van der Waals surface area (Å²) >= 11 is 0. The van der Waals surface area contributed by atoms with E-state index in [0.29, 0.717) is 18.4 Å². The molecule has 1 atom stereocenters. The van der Waals surface area contributed by atoms with Crippen LogP contribution < -0.4 is 0 Å². The number of aliphatic hydroxyl groups is 3. The fraction of sp³-hybridized carbons (Fsp3) is 0.812. The molecule has 0 fully saturated rings. The molecule has 22 heavy (non-hydrogen) atoms. The second kappa shape index (κ2) is 9.94. The van der Waals surface area contributed by atoms with Crippen molar-refractivity contribution in [1.29, 1.82) is 0 Å². The van der Waals surface area contributed by atoms with E-state index in [1.165, 1.54) is 0 Å². The van der Waals surface area contributed by atoms with E-state index in [4.69, 9.17) is 9.47 Å². The molecule has 0 saturated carbocycles. The number of esters is 1. The van der Waals surface area contributed by atoms with Crippen molar-refractivity contribution in [1.82, 2.24) is 0 Å². The number of rotatable bonds is 12. The second-order valence-corrected chi connectivity index (χ2v) is 6.03. The molecule has 0 aliphatic heterocycles. The Morgan fingerprint density at radius 3 is 1.77 bits per heavy atom. The Morgan fingerprint density at radius 1 is 0.955 bits per heavy atom. The molecule has 130 valence electrons. The first kappa shape index (κ1) is 21.0. The Kier molecular flexibility index (Phi) is 9.51. The first-order chi connectivity index (χ1) is 10.3. The van der Waals surface area contributed by atoms with Crippen LogP contribution in [0.2, 0.25) is 0 Å². The van der Waals surface area contributed by atoms with E-state index in [-0.39, 0.29) is 39.6 Å². The average Bonchev–Trinajstić information content (AvgIpc) is 2.55. The van der Waals surface area contributed by atoms with Gasteiger partial charge in [-0.1, -0.05) is 20.4 Å². The van der Waals surface area contributed by atoms with Crippen molar-refractivity contribution < 1.29 is 29.6 Å². The molecule has 0 aliphatic rings. The quantitative estimate of drug-likeness (QED) is 0.365. The van der Waals surface area contributed by atoms with E-state index in [1.54, 1.807) is 6.92 Å². The summed E-state index contributed by atoms with van der Waals surface area (Å²) in [6, 6.07) is 0. The van der Waals surface area contributed by atoms with Gasteiger partial charge >= 0.3 is 5.97 Å². The maximum absolute atomic E-state index is 11.5. The molecule has 0 radical (unpaired) electrons. The molecule has 6 heteroatoms. The highest BCUT2D eigenvalue weighted by Crippen LogP contribution is 2.26. The summed E-state index contributed by atoms with van der Waals surface area (Å²) in [6.45, 7) is 8.64. The topological polar surface area (TPSA) is 96.2 Å². The van der Waals surface area contributed by atoms with Gasteiger partial charge in [-0.15, -0.1) is 0 Å². The van der Waals surface area contributed by atoms with E-state index in [2.05, 4.69) is 6.58 Å². The van der Waals surface area contributed by atoms with Crippen LogP contribution in [0, 0.1) is 10.8 Å². The third kappa shape index (κ3) is 6.04. The van der Waals surface area contributed by atoms with Gasteiger partial charge in [0.2, 0.25) is 0 Å². The highest BCUT2D eigenvalue weighted by atomic mass is 16.5. The summed E-state index contributed by atoms with van der Waals surface area (Å²) in [6.07, 6.45) is 1.13. The minimum absolute atomic E-state index is 0.0308. The molecule has 0 aliphatic carbocycles. The minimum Gasteiger partial charge on any atom is -0.462 e. The number of ether oxygens (including phenoxy) is 2. The predicted octanol–water partition coefficient (Wildman–Crippen LogP) is 0.892. The van der Waals surface area contributed by atoms with Gasteiger partial charge in [0, 0.05) is 11.0 Å². The van der Waals surface area contributed by atoms with E-state index in [0.717, 1.165) is 0 Å². The van der Waals surface area contributed by atoms with Crippen molar-refractivity contribution in [3.05, 3.63) is 12.2 Å². The van der Waals surface area contributed by atoms with Crippen LogP contribution in [-0.2, 0) is 14.3 Å². The normalized spacial score (nSPS) is 14.5.